The summed E-state index contributed by atoms with van der Waals surface area (Å²) in [5, 5.41) is 8.98. The van der Waals surface area contributed by atoms with Crippen LogP contribution in [0.4, 0.5) is 5.95 Å². The van der Waals surface area contributed by atoms with Crippen molar-refractivity contribution in [2.75, 3.05) is 5.32 Å². The number of carbonyl (C=O) groups excluding carboxylic acids is 1. The number of anilines is 1. The van der Waals surface area contributed by atoms with Crippen LogP contribution in [-0.4, -0.2) is 21.1 Å². The second-order valence-corrected chi connectivity index (χ2v) is 5.34. The number of H-pyrrole nitrogens is 1. The molecule has 0 saturated heterocycles. The van der Waals surface area contributed by atoms with Gasteiger partial charge in [0, 0.05) is 4.47 Å². The van der Waals surface area contributed by atoms with Gasteiger partial charge < -0.3 is 0 Å². The smallest absolute Gasteiger partial charge is 0.236 e. The van der Waals surface area contributed by atoms with E-state index in [4.69, 9.17) is 0 Å². The summed E-state index contributed by atoms with van der Waals surface area (Å²) in [7, 11) is 0. The summed E-state index contributed by atoms with van der Waals surface area (Å²) >= 11 is 3.37. The van der Waals surface area contributed by atoms with Gasteiger partial charge in [-0.05, 0) is 31.5 Å². The van der Waals surface area contributed by atoms with Crippen LogP contribution in [0.25, 0.3) is 0 Å². The first-order valence-electron chi connectivity index (χ1n) is 5.43. The standard InChI is InChI=1S/C12H13BrN4O/c1-12(2,8-3-5-9(13)6-4-8)10(18)16-11-14-7-15-17-11/h3-7H,1-2H3,(H2,14,15,16,17,18). The van der Waals surface area contributed by atoms with Crippen LogP contribution >= 0.6 is 15.9 Å². The molecule has 6 heteroatoms. The van der Waals surface area contributed by atoms with Gasteiger partial charge in [-0.25, -0.2) is 5.10 Å². The predicted molar refractivity (Wildman–Crippen MR) is 72.2 cm³/mol. The third-order valence-electron chi connectivity index (χ3n) is 2.78. The maximum absolute atomic E-state index is 12.2. The van der Waals surface area contributed by atoms with Crippen molar-refractivity contribution in [3.8, 4) is 0 Å². The SMILES string of the molecule is CC(C)(C(=O)Nc1ncn[nH]1)c1ccc(Br)cc1. The van der Waals surface area contributed by atoms with Crippen molar-refractivity contribution in [3.05, 3.63) is 40.6 Å². The average molecular weight is 309 g/mol. The summed E-state index contributed by atoms with van der Waals surface area (Å²) in [5.41, 5.74) is 0.288. The van der Waals surface area contributed by atoms with E-state index in [1.807, 2.05) is 38.1 Å². The fourth-order valence-corrected chi connectivity index (χ4v) is 1.79. The van der Waals surface area contributed by atoms with E-state index in [1.54, 1.807) is 0 Å². The van der Waals surface area contributed by atoms with Crippen molar-refractivity contribution >= 4 is 27.8 Å². The minimum absolute atomic E-state index is 0.137. The molecule has 0 fully saturated rings. The fourth-order valence-electron chi connectivity index (χ4n) is 1.53. The molecule has 0 spiro atoms. The van der Waals surface area contributed by atoms with Crippen LogP contribution < -0.4 is 5.32 Å². The lowest BCUT2D eigenvalue weighted by atomic mass is 9.84. The van der Waals surface area contributed by atoms with Gasteiger partial charge in [-0.3, -0.25) is 10.1 Å². The summed E-state index contributed by atoms with van der Waals surface area (Å²) in [6, 6.07) is 7.67. The summed E-state index contributed by atoms with van der Waals surface area (Å²) in [5.74, 6) is 0.215. The third kappa shape index (κ3) is 2.59. The summed E-state index contributed by atoms with van der Waals surface area (Å²) in [6.07, 6.45) is 1.35. The number of rotatable bonds is 3. The third-order valence-corrected chi connectivity index (χ3v) is 3.31. The lowest BCUT2D eigenvalue weighted by Crippen LogP contribution is -2.35. The normalized spacial score (nSPS) is 11.3. The van der Waals surface area contributed by atoms with Gasteiger partial charge in [-0.1, -0.05) is 28.1 Å². The molecule has 1 amide bonds. The zero-order valence-corrected chi connectivity index (χ0v) is 11.7. The highest BCUT2D eigenvalue weighted by atomic mass is 79.9. The van der Waals surface area contributed by atoms with Crippen LogP contribution in [0.5, 0.6) is 0 Å². The molecule has 0 aliphatic rings. The van der Waals surface area contributed by atoms with Crippen molar-refractivity contribution in [2.45, 2.75) is 19.3 Å². The van der Waals surface area contributed by atoms with Gasteiger partial charge >= 0.3 is 0 Å². The van der Waals surface area contributed by atoms with E-state index in [0.29, 0.717) is 5.95 Å². The van der Waals surface area contributed by atoms with Crippen molar-refractivity contribution in [3.63, 3.8) is 0 Å². The minimum atomic E-state index is -0.645. The molecule has 0 unspecified atom stereocenters. The summed E-state index contributed by atoms with van der Waals surface area (Å²) < 4.78 is 0.984. The predicted octanol–water partition coefficient (Wildman–Crippen LogP) is 2.48. The van der Waals surface area contributed by atoms with Gasteiger partial charge in [0.05, 0.1) is 5.41 Å². The lowest BCUT2D eigenvalue weighted by molar-refractivity contribution is -0.120. The maximum atomic E-state index is 12.2. The first-order valence-corrected chi connectivity index (χ1v) is 6.22. The van der Waals surface area contributed by atoms with Gasteiger partial charge in [-0.15, -0.1) is 0 Å². The molecule has 0 atom stereocenters. The number of nitrogens with one attached hydrogen (secondary N) is 2. The number of carbonyl (C=O) groups is 1. The zero-order chi connectivity index (χ0) is 13.2. The Kier molecular flexibility index (Phi) is 3.47. The highest BCUT2D eigenvalue weighted by molar-refractivity contribution is 9.10. The summed E-state index contributed by atoms with van der Waals surface area (Å²) in [6.45, 7) is 3.73. The first-order chi connectivity index (χ1) is 8.50. The van der Waals surface area contributed by atoms with Crippen LogP contribution in [0.2, 0.25) is 0 Å². The molecule has 0 aliphatic heterocycles. The highest BCUT2D eigenvalue weighted by Gasteiger charge is 2.30. The van der Waals surface area contributed by atoms with E-state index >= 15 is 0 Å². The largest absolute Gasteiger partial charge is 0.294 e. The number of hydrogen-bond donors (Lipinski definition) is 2. The van der Waals surface area contributed by atoms with Crippen LogP contribution in [-0.2, 0) is 10.2 Å². The van der Waals surface area contributed by atoms with E-state index < -0.39 is 5.41 Å². The second-order valence-electron chi connectivity index (χ2n) is 4.42. The molecular weight excluding hydrogens is 296 g/mol. The molecule has 94 valence electrons. The van der Waals surface area contributed by atoms with Gasteiger partial charge in [-0.2, -0.15) is 10.1 Å². The Morgan fingerprint density at radius 3 is 2.56 bits per heavy atom. The van der Waals surface area contributed by atoms with Crippen LogP contribution in [0, 0.1) is 0 Å². The molecule has 18 heavy (non-hydrogen) atoms. The number of benzene rings is 1. The van der Waals surface area contributed by atoms with E-state index in [1.165, 1.54) is 6.33 Å². The van der Waals surface area contributed by atoms with Crippen molar-refractivity contribution in [1.82, 2.24) is 15.2 Å². The molecule has 1 heterocycles. The monoisotopic (exact) mass is 308 g/mol. The molecule has 0 aliphatic carbocycles. The Hall–Kier alpha value is -1.69. The average Bonchev–Trinajstić information content (AvgIpc) is 2.82. The van der Waals surface area contributed by atoms with Crippen molar-refractivity contribution < 1.29 is 4.79 Å². The van der Waals surface area contributed by atoms with E-state index in [-0.39, 0.29) is 5.91 Å². The number of halogens is 1. The van der Waals surface area contributed by atoms with Gasteiger partial charge in [0.1, 0.15) is 6.33 Å². The number of hydrogen-bond acceptors (Lipinski definition) is 3. The molecule has 2 aromatic rings. The van der Waals surface area contributed by atoms with Gasteiger partial charge in [0.15, 0.2) is 0 Å². The molecule has 1 aromatic heterocycles. The van der Waals surface area contributed by atoms with Crippen LogP contribution in [0.3, 0.4) is 0 Å². The highest BCUT2D eigenvalue weighted by Crippen LogP contribution is 2.25. The Morgan fingerprint density at radius 2 is 2.00 bits per heavy atom. The summed E-state index contributed by atoms with van der Waals surface area (Å²) in [4.78, 5) is 16.1. The lowest BCUT2D eigenvalue weighted by Gasteiger charge is -2.23. The molecule has 1 aromatic carbocycles. The van der Waals surface area contributed by atoms with Crippen molar-refractivity contribution in [1.29, 1.82) is 0 Å². The zero-order valence-electron chi connectivity index (χ0n) is 10.1. The molecule has 0 bridgehead atoms. The maximum Gasteiger partial charge on any atom is 0.236 e. The van der Waals surface area contributed by atoms with Gasteiger partial charge in [0.2, 0.25) is 11.9 Å². The first kappa shape index (κ1) is 12.8. The van der Waals surface area contributed by atoms with Crippen LogP contribution in [0.15, 0.2) is 35.1 Å². The Balaban J connectivity index is 2.19. The molecule has 2 N–H and O–H groups in total. The van der Waals surface area contributed by atoms with Gasteiger partial charge in [0.25, 0.3) is 0 Å². The number of amides is 1. The number of aromatic nitrogens is 3. The van der Waals surface area contributed by atoms with Crippen LogP contribution in [0.1, 0.15) is 19.4 Å². The number of aromatic amines is 1. The molecular formula is C12H13BrN4O. The van der Waals surface area contributed by atoms with Crippen molar-refractivity contribution in [2.24, 2.45) is 0 Å². The van der Waals surface area contributed by atoms with E-state index in [0.717, 1.165) is 10.0 Å². The van der Waals surface area contributed by atoms with E-state index in [2.05, 4.69) is 36.4 Å². The topological polar surface area (TPSA) is 70.7 Å². The molecule has 5 nitrogen and oxygen atoms in total. The van der Waals surface area contributed by atoms with E-state index in [9.17, 15) is 4.79 Å². The molecule has 0 radical (unpaired) electrons. The Labute approximate surface area is 113 Å². The number of nitrogens with zero attached hydrogens (tertiary/aromatic N) is 2. The minimum Gasteiger partial charge on any atom is -0.294 e. The molecule has 2 rings (SSSR count). The quantitative estimate of drug-likeness (QED) is 0.915. The Morgan fingerprint density at radius 1 is 1.33 bits per heavy atom. The fraction of sp³-hybridized carbons (Fsp3) is 0.250. The second kappa shape index (κ2) is 4.89. The molecule has 0 saturated carbocycles. The Bertz CT molecular complexity index is 534.